The van der Waals surface area contributed by atoms with Crippen LogP contribution in [0.15, 0.2) is 35.2 Å². The Balaban J connectivity index is 1.85. The normalized spacial score (nSPS) is 14.2. The number of amides is 1. The largest absolute Gasteiger partial charge is 0.349 e. The van der Waals surface area contributed by atoms with Gasteiger partial charge in [0.25, 0.3) is 15.9 Å². The molecule has 1 aliphatic rings. The molecule has 3 rings (SSSR count). The average molecular weight is 372 g/mol. The van der Waals surface area contributed by atoms with Crippen molar-refractivity contribution < 1.29 is 13.2 Å². The monoisotopic (exact) mass is 372 g/mol. The van der Waals surface area contributed by atoms with E-state index in [1.807, 2.05) is 33.8 Å². The molecule has 0 spiro atoms. The molecule has 2 aromatic carbocycles. The Labute approximate surface area is 154 Å². The van der Waals surface area contributed by atoms with Crippen molar-refractivity contribution in [3.8, 4) is 0 Å². The maximum atomic E-state index is 12.9. The van der Waals surface area contributed by atoms with Gasteiger partial charge in [-0.05, 0) is 87.1 Å². The summed E-state index contributed by atoms with van der Waals surface area (Å²) in [6.45, 7) is 7.46. The number of benzene rings is 2. The third kappa shape index (κ3) is 3.75. The number of aryl methyl sites for hydroxylation is 2. The van der Waals surface area contributed by atoms with Crippen LogP contribution in [0.5, 0.6) is 0 Å². The van der Waals surface area contributed by atoms with E-state index in [4.69, 9.17) is 0 Å². The number of rotatable bonds is 5. The molecule has 0 unspecified atom stereocenters. The van der Waals surface area contributed by atoms with Crippen LogP contribution in [0.4, 0.5) is 5.69 Å². The van der Waals surface area contributed by atoms with E-state index < -0.39 is 10.0 Å². The average Bonchev–Trinajstić information content (AvgIpc) is 3.37. The molecule has 138 valence electrons. The summed E-state index contributed by atoms with van der Waals surface area (Å²) in [4.78, 5) is 12.4. The van der Waals surface area contributed by atoms with E-state index in [0.29, 0.717) is 16.1 Å². The molecule has 0 aromatic heterocycles. The van der Waals surface area contributed by atoms with Gasteiger partial charge in [0.2, 0.25) is 0 Å². The van der Waals surface area contributed by atoms with Crippen molar-refractivity contribution in [2.45, 2.75) is 51.5 Å². The van der Waals surface area contributed by atoms with Gasteiger partial charge >= 0.3 is 0 Å². The number of hydrogen-bond donors (Lipinski definition) is 2. The van der Waals surface area contributed by atoms with Crippen LogP contribution in [0, 0.1) is 27.7 Å². The van der Waals surface area contributed by atoms with E-state index in [1.54, 1.807) is 24.3 Å². The van der Waals surface area contributed by atoms with Gasteiger partial charge in [0.1, 0.15) is 0 Å². The van der Waals surface area contributed by atoms with Gasteiger partial charge in [-0.15, -0.1) is 0 Å². The lowest BCUT2D eigenvalue weighted by molar-refractivity contribution is 0.0951. The quantitative estimate of drug-likeness (QED) is 0.842. The second-order valence-corrected chi connectivity index (χ2v) is 8.64. The third-order valence-electron chi connectivity index (χ3n) is 4.88. The van der Waals surface area contributed by atoms with Crippen LogP contribution in [0.25, 0.3) is 0 Å². The highest BCUT2D eigenvalue weighted by Crippen LogP contribution is 2.28. The van der Waals surface area contributed by atoms with Gasteiger partial charge in [0, 0.05) is 17.3 Å². The second-order valence-electron chi connectivity index (χ2n) is 7.02. The highest BCUT2D eigenvalue weighted by atomic mass is 32.2. The summed E-state index contributed by atoms with van der Waals surface area (Å²) in [5.41, 5.74) is 4.35. The van der Waals surface area contributed by atoms with Crippen LogP contribution in [0.2, 0.25) is 0 Å². The lowest BCUT2D eigenvalue weighted by Crippen LogP contribution is -2.25. The van der Waals surface area contributed by atoms with Crippen molar-refractivity contribution in [2.24, 2.45) is 0 Å². The Morgan fingerprint density at radius 1 is 0.962 bits per heavy atom. The van der Waals surface area contributed by atoms with Crippen molar-refractivity contribution >= 4 is 21.6 Å². The highest BCUT2D eigenvalue weighted by molar-refractivity contribution is 7.92. The van der Waals surface area contributed by atoms with Crippen LogP contribution in [-0.2, 0) is 10.0 Å². The van der Waals surface area contributed by atoms with E-state index in [2.05, 4.69) is 10.0 Å². The summed E-state index contributed by atoms with van der Waals surface area (Å²) in [5, 5.41) is 2.91. The summed E-state index contributed by atoms with van der Waals surface area (Å²) in [6, 6.07) is 8.79. The van der Waals surface area contributed by atoms with E-state index >= 15 is 0 Å². The van der Waals surface area contributed by atoms with Gasteiger partial charge < -0.3 is 5.32 Å². The summed E-state index contributed by atoms with van der Waals surface area (Å²) < 4.78 is 28.5. The first-order valence-corrected chi connectivity index (χ1v) is 10.2. The Hall–Kier alpha value is -2.34. The Morgan fingerprint density at radius 3 is 2.00 bits per heavy atom. The molecule has 0 aliphatic heterocycles. The van der Waals surface area contributed by atoms with Crippen LogP contribution >= 0.6 is 0 Å². The molecular weight excluding hydrogens is 348 g/mol. The molecule has 26 heavy (non-hydrogen) atoms. The van der Waals surface area contributed by atoms with Crippen molar-refractivity contribution in [1.29, 1.82) is 0 Å². The molecule has 0 saturated heterocycles. The van der Waals surface area contributed by atoms with Gasteiger partial charge in [-0.1, -0.05) is 6.07 Å². The maximum absolute atomic E-state index is 12.9. The lowest BCUT2D eigenvalue weighted by atomic mass is 10.0. The first kappa shape index (κ1) is 18.5. The zero-order valence-corrected chi connectivity index (χ0v) is 16.3. The Morgan fingerprint density at radius 2 is 1.50 bits per heavy atom. The minimum absolute atomic E-state index is 0.122. The Bertz CT molecular complexity index is 933. The number of anilines is 1. The Kier molecular flexibility index (Phi) is 4.80. The smallest absolute Gasteiger partial charge is 0.262 e. The van der Waals surface area contributed by atoms with Crippen LogP contribution in [0.1, 0.15) is 45.5 Å². The fraction of sp³-hybridized carbons (Fsp3) is 0.350. The van der Waals surface area contributed by atoms with Crippen LogP contribution < -0.4 is 10.0 Å². The number of carbonyl (C=O) groups is 1. The zero-order chi connectivity index (χ0) is 19.1. The highest BCUT2D eigenvalue weighted by Gasteiger charge is 2.24. The number of hydrogen-bond acceptors (Lipinski definition) is 3. The summed E-state index contributed by atoms with van der Waals surface area (Å²) in [7, 11) is -3.71. The molecular formula is C20H24N2O3S. The van der Waals surface area contributed by atoms with Gasteiger partial charge in [0.15, 0.2) is 0 Å². The minimum Gasteiger partial charge on any atom is -0.349 e. The maximum Gasteiger partial charge on any atom is 0.262 e. The fourth-order valence-corrected chi connectivity index (χ4v) is 4.65. The second kappa shape index (κ2) is 6.76. The molecule has 1 amide bonds. The number of carbonyl (C=O) groups excluding carboxylic acids is 1. The standard InChI is InChI=1S/C20H24N2O3S/c1-12-11-13(2)15(4)19(14(12)3)26(24,25)22-18-7-5-16(6-8-18)20(23)21-17-9-10-17/h5-8,11,17,22H,9-10H2,1-4H3,(H,21,23). The molecule has 1 fully saturated rings. The van der Waals surface area contributed by atoms with Gasteiger partial charge in [-0.3, -0.25) is 9.52 Å². The summed E-state index contributed by atoms with van der Waals surface area (Å²) >= 11 is 0. The summed E-state index contributed by atoms with van der Waals surface area (Å²) in [5.74, 6) is -0.122. The zero-order valence-electron chi connectivity index (χ0n) is 15.5. The molecule has 0 heterocycles. The first-order chi connectivity index (χ1) is 12.2. The summed E-state index contributed by atoms with van der Waals surface area (Å²) in [6.07, 6.45) is 2.05. The van der Waals surface area contributed by atoms with Crippen molar-refractivity contribution in [3.05, 3.63) is 58.1 Å². The fourth-order valence-electron chi connectivity index (χ4n) is 2.98. The molecule has 6 heteroatoms. The molecule has 2 aromatic rings. The number of nitrogens with one attached hydrogen (secondary N) is 2. The predicted molar refractivity (Wildman–Crippen MR) is 103 cm³/mol. The SMILES string of the molecule is Cc1cc(C)c(C)c(S(=O)(=O)Nc2ccc(C(=O)NC3CC3)cc2)c1C. The topological polar surface area (TPSA) is 75.3 Å². The van der Waals surface area contributed by atoms with Crippen molar-refractivity contribution in [3.63, 3.8) is 0 Å². The van der Waals surface area contributed by atoms with Gasteiger partial charge in [-0.25, -0.2) is 8.42 Å². The minimum atomic E-state index is -3.71. The van der Waals surface area contributed by atoms with Crippen LogP contribution in [-0.4, -0.2) is 20.4 Å². The van der Waals surface area contributed by atoms with E-state index in [1.165, 1.54) is 0 Å². The molecule has 0 bridgehead atoms. The molecule has 1 saturated carbocycles. The van der Waals surface area contributed by atoms with Gasteiger partial charge in [-0.2, -0.15) is 0 Å². The van der Waals surface area contributed by atoms with E-state index in [0.717, 1.165) is 35.1 Å². The van der Waals surface area contributed by atoms with Crippen molar-refractivity contribution in [2.75, 3.05) is 4.72 Å². The van der Waals surface area contributed by atoms with Crippen molar-refractivity contribution in [1.82, 2.24) is 5.32 Å². The molecule has 5 nitrogen and oxygen atoms in total. The number of sulfonamides is 1. The van der Waals surface area contributed by atoms with Gasteiger partial charge in [0.05, 0.1) is 4.90 Å². The van der Waals surface area contributed by atoms with E-state index in [9.17, 15) is 13.2 Å². The van der Waals surface area contributed by atoms with Crippen LogP contribution in [0.3, 0.4) is 0 Å². The molecule has 2 N–H and O–H groups in total. The predicted octanol–water partition coefficient (Wildman–Crippen LogP) is 3.61. The third-order valence-corrected chi connectivity index (χ3v) is 6.53. The molecule has 0 radical (unpaired) electrons. The molecule has 1 aliphatic carbocycles. The first-order valence-electron chi connectivity index (χ1n) is 8.70. The molecule has 0 atom stereocenters. The lowest BCUT2D eigenvalue weighted by Gasteiger charge is -2.17. The van der Waals surface area contributed by atoms with E-state index in [-0.39, 0.29) is 11.9 Å².